The largest absolute Gasteiger partial charge is 3.00 e. The molecule has 147 valence electrons. The molecule has 8 nitrogen and oxygen atoms in total. The number of hydrogen-bond acceptors (Lipinski definition) is 8. The molecule has 0 aliphatic carbocycles. The number of rotatable bonds is 4. The standard InChI is InChI=1S/2C4H6O3.2C3H8O.C2H5.Ti/c2*1-3(5)2-4(6)7;2*1-3(2)4;1-2;/h2*2H2,1H3,(H,6,7);2*3-4H,1-2H3;1H2,2H3;/q;;;;-1;+3/p-2. The monoisotopic (exact) mass is 399 g/mol. The summed E-state index contributed by atoms with van der Waals surface area (Å²) in [4.78, 5) is 38.6. The van der Waals surface area contributed by atoms with Crippen LogP contribution in [0.3, 0.4) is 0 Å². The number of carbonyl (C=O) groups is 4. The molecule has 0 atom stereocenters. The van der Waals surface area contributed by atoms with Crippen molar-refractivity contribution in [2.75, 3.05) is 0 Å². The zero-order valence-corrected chi connectivity index (χ0v) is 17.7. The van der Waals surface area contributed by atoms with E-state index in [9.17, 15) is 29.4 Å². The second kappa shape index (κ2) is 30.8. The van der Waals surface area contributed by atoms with Gasteiger partial charge in [-0.15, -0.1) is 0 Å². The van der Waals surface area contributed by atoms with Crippen LogP contribution in [0.2, 0.25) is 0 Å². The van der Waals surface area contributed by atoms with Gasteiger partial charge in [-0.3, -0.25) is 9.59 Å². The minimum Gasteiger partial charge on any atom is -0.550 e. The summed E-state index contributed by atoms with van der Waals surface area (Å²) in [5.74, 6) is -3.37. The Labute approximate surface area is 165 Å². The molecule has 25 heavy (non-hydrogen) atoms. The molecule has 0 heterocycles. The molecule has 0 bridgehead atoms. The van der Waals surface area contributed by atoms with Gasteiger partial charge >= 0.3 is 21.7 Å². The number of aliphatic hydroxyl groups is 2. The van der Waals surface area contributed by atoms with Crippen LogP contribution in [0, 0.1) is 6.92 Å². The smallest absolute Gasteiger partial charge is 0.550 e. The van der Waals surface area contributed by atoms with Crippen LogP contribution in [0.15, 0.2) is 0 Å². The summed E-state index contributed by atoms with van der Waals surface area (Å²) in [6.45, 7) is 14.3. The van der Waals surface area contributed by atoms with E-state index in [0.717, 1.165) is 0 Å². The molecule has 1 radical (unpaired) electrons. The van der Waals surface area contributed by atoms with E-state index in [0.29, 0.717) is 0 Å². The van der Waals surface area contributed by atoms with Crippen molar-refractivity contribution in [3.63, 3.8) is 0 Å². The zero-order valence-electron chi connectivity index (χ0n) is 16.1. The first kappa shape index (κ1) is 39.1. The first-order valence-corrected chi connectivity index (χ1v) is 7.17. The fourth-order valence-corrected chi connectivity index (χ4v) is 0.407. The molecule has 0 fully saturated rings. The van der Waals surface area contributed by atoms with E-state index in [1.165, 1.54) is 13.8 Å². The van der Waals surface area contributed by atoms with Gasteiger partial charge in [-0.2, -0.15) is 6.92 Å². The normalized spacial score (nSPS) is 7.68. The minimum atomic E-state index is -1.31. The number of aliphatic hydroxyl groups excluding tert-OH is 2. The maximum Gasteiger partial charge on any atom is 3.00 e. The van der Waals surface area contributed by atoms with Gasteiger partial charge in [0.25, 0.3) is 0 Å². The van der Waals surface area contributed by atoms with Gasteiger partial charge in [0.2, 0.25) is 0 Å². The molecule has 0 saturated heterocycles. The summed E-state index contributed by atoms with van der Waals surface area (Å²) in [6, 6.07) is 0. The van der Waals surface area contributed by atoms with Crippen LogP contribution in [0.1, 0.15) is 61.3 Å². The molecular weight excluding hydrogens is 368 g/mol. The van der Waals surface area contributed by atoms with Crippen molar-refractivity contribution in [3.8, 4) is 0 Å². The Balaban J connectivity index is -0.0000000473. The number of ketones is 2. The van der Waals surface area contributed by atoms with Gasteiger partial charge in [0.15, 0.2) is 0 Å². The molecule has 0 saturated carbocycles. The number of Topliss-reactive ketones (excluding diaryl/α,β-unsaturated/α-hetero) is 2. The first-order valence-electron chi connectivity index (χ1n) is 7.17. The Morgan fingerprint density at radius 3 is 0.880 bits per heavy atom. The van der Waals surface area contributed by atoms with Crippen molar-refractivity contribution < 1.29 is 61.3 Å². The van der Waals surface area contributed by atoms with Crippen molar-refractivity contribution in [2.24, 2.45) is 0 Å². The van der Waals surface area contributed by atoms with Crippen LogP contribution in [-0.2, 0) is 40.9 Å². The fourth-order valence-electron chi connectivity index (χ4n) is 0.407. The summed E-state index contributed by atoms with van der Waals surface area (Å²) in [6.07, 6.45) is -1.28. The Kier molecular flexibility index (Phi) is 48.1. The van der Waals surface area contributed by atoms with Crippen LogP contribution in [-0.4, -0.2) is 45.9 Å². The fraction of sp³-hybridized carbons (Fsp3) is 0.688. The van der Waals surface area contributed by atoms with E-state index in [1.807, 2.05) is 0 Å². The van der Waals surface area contributed by atoms with Crippen molar-refractivity contribution in [1.29, 1.82) is 0 Å². The summed E-state index contributed by atoms with van der Waals surface area (Å²) in [5.41, 5.74) is 0. The molecule has 0 aliphatic rings. The van der Waals surface area contributed by atoms with Crippen LogP contribution in [0.5, 0.6) is 0 Å². The molecule has 0 rings (SSSR count). The zero-order chi connectivity index (χ0) is 20.9. The molecular formula is C16H31O8Ti. The number of carbonyl (C=O) groups excluding carboxylic acids is 4. The van der Waals surface area contributed by atoms with Crippen molar-refractivity contribution >= 4 is 23.5 Å². The van der Waals surface area contributed by atoms with Gasteiger partial charge in [0.05, 0.1) is 0 Å². The van der Waals surface area contributed by atoms with Crippen molar-refractivity contribution in [3.05, 3.63) is 6.92 Å². The number of carboxylic acids is 2. The van der Waals surface area contributed by atoms with Crippen LogP contribution < -0.4 is 10.2 Å². The first-order chi connectivity index (χ1) is 10.7. The average Bonchev–Trinajstić information content (AvgIpc) is 2.26. The van der Waals surface area contributed by atoms with Gasteiger partial charge in [-0.05, 0) is 41.5 Å². The number of aliphatic carboxylic acids is 2. The molecule has 0 aliphatic heterocycles. The van der Waals surface area contributed by atoms with Gasteiger partial charge in [0, 0.05) is 37.0 Å². The summed E-state index contributed by atoms with van der Waals surface area (Å²) in [5, 5.41) is 35.1. The van der Waals surface area contributed by atoms with Crippen LogP contribution in [0.4, 0.5) is 0 Å². The third kappa shape index (κ3) is 210. The van der Waals surface area contributed by atoms with Gasteiger partial charge in [-0.25, -0.2) is 0 Å². The van der Waals surface area contributed by atoms with Gasteiger partial charge in [0.1, 0.15) is 11.6 Å². The third-order valence-corrected chi connectivity index (χ3v) is 0.787. The molecule has 0 amide bonds. The Morgan fingerprint density at radius 1 is 0.760 bits per heavy atom. The van der Waals surface area contributed by atoms with Gasteiger partial charge < -0.3 is 36.9 Å². The van der Waals surface area contributed by atoms with Crippen LogP contribution in [0.25, 0.3) is 0 Å². The topological polar surface area (TPSA) is 155 Å². The molecule has 0 aromatic heterocycles. The average molecular weight is 399 g/mol. The molecule has 2 N–H and O–H groups in total. The second-order valence-corrected chi connectivity index (χ2v) is 4.69. The second-order valence-electron chi connectivity index (χ2n) is 4.69. The number of carboxylic acid groups (broad SMARTS) is 2. The Bertz CT molecular complexity index is 267. The van der Waals surface area contributed by atoms with Crippen molar-refractivity contribution in [2.45, 2.75) is 73.5 Å². The Hall–Kier alpha value is -1.09. The quantitative estimate of drug-likeness (QED) is 0.348. The van der Waals surface area contributed by atoms with E-state index in [4.69, 9.17) is 10.2 Å². The summed E-state index contributed by atoms with van der Waals surface area (Å²) < 4.78 is 0. The van der Waals surface area contributed by atoms with E-state index in [-0.39, 0.29) is 45.5 Å². The summed E-state index contributed by atoms with van der Waals surface area (Å²) >= 11 is 0. The maximum atomic E-state index is 9.83. The molecule has 0 aromatic rings. The van der Waals surface area contributed by atoms with E-state index < -0.39 is 24.8 Å². The SMILES string of the molecule is CC(=O)CC(=O)[O-].CC(=O)CC(=O)[O-].CC(C)O.CC(C)O.[CH2-]C.[Ti+3]. The maximum absolute atomic E-state index is 9.83. The predicted octanol–water partition coefficient (Wildman–Crippen LogP) is -0.957. The van der Waals surface area contributed by atoms with Crippen LogP contribution >= 0.6 is 0 Å². The van der Waals surface area contributed by atoms with Gasteiger partial charge in [-0.1, -0.05) is 0 Å². The molecule has 9 heteroatoms. The summed E-state index contributed by atoms with van der Waals surface area (Å²) in [7, 11) is 0. The third-order valence-electron chi connectivity index (χ3n) is 0.787. The molecule has 0 unspecified atom stereocenters. The minimum absolute atomic E-state index is 0. The molecule has 0 spiro atoms. The van der Waals surface area contributed by atoms with E-state index in [2.05, 4.69) is 6.92 Å². The van der Waals surface area contributed by atoms with Crippen molar-refractivity contribution in [1.82, 2.24) is 0 Å². The van der Waals surface area contributed by atoms with E-state index in [1.54, 1.807) is 34.6 Å². The predicted molar refractivity (Wildman–Crippen MR) is 86.4 cm³/mol. The number of hydrogen-bond donors (Lipinski definition) is 2. The Morgan fingerprint density at radius 2 is 0.880 bits per heavy atom. The molecule has 0 aromatic carbocycles. The van der Waals surface area contributed by atoms with E-state index >= 15 is 0 Å².